The van der Waals surface area contributed by atoms with Crippen molar-refractivity contribution in [1.29, 1.82) is 5.26 Å². The molecule has 0 bridgehead atoms. The summed E-state index contributed by atoms with van der Waals surface area (Å²) in [6, 6.07) is 13.9. The topological polar surface area (TPSA) is 59.3 Å². The number of ether oxygens (including phenoxy) is 2. The van der Waals surface area contributed by atoms with Gasteiger partial charge >= 0.3 is 5.97 Å². The molecule has 4 heteroatoms. The van der Waals surface area contributed by atoms with Crippen LogP contribution in [0.3, 0.4) is 0 Å². The highest BCUT2D eigenvalue weighted by molar-refractivity contribution is 6.82. The Bertz CT molecular complexity index is 7520. The second kappa shape index (κ2) is 6.80. The fourth-order valence-corrected chi connectivity index (χ4v) is 26.3. The molecule has 0 amide bonds. The molecule has 0 saturated carbocycles. The maximum atomic E-state index is 16.5. The van der Waals surface area contributed by atoms with Crippen LogP contribution in [0.1, 0.15) is 40.8 Å². The van der Waals surface area contributed by atoms with E-state index in [4.69, 9.17) is 9.47 Å². The maximum Gasteiger partial charge on any atom is 0.354 e. The third-order valence-corrected chi connectivity index (χ3v) is 26.4. The zero-order valence-electron chi connectivity index (χ0n) is 38.8. The second-order valence-corrected chi connectivity index (χ2v) is 26.7. The highest BCUT2D eigenvalue weighted by Gasteiger charge is 2.86. The van der Waals surface area contributed by atoms with Gasteiger partial charge in [-0.1, -0.05) is 30.3 Å². The third-order valence-electron chi connectivity index (χ3n) is 26.4. The van der Waals surface area contributed by atoms with Gasteiger partial charge < -0.3 is 9.47 Å². The quantitative estimate of drug-likeness (QED) is 0.131. The molecule has 34 rings (SSSR count). The van der Waals surface area contributed by atoms with E-state index in [1.807, 2.05) is 6.92 Å². The molecule has 2 spiro atoms. The van der Waals surface area contributed by atoms with Gasteiger partial charge in [0.1, 0.15) is 12.2 Å². The highest BCUT2D eigenvalue weighted by Crippen LogP contribution is 2.89. The van der Waals surface area contributed by atoms with Crippen molar-refractivity contribution in [2.45, 2.75) is 29.5 Å². The van der Waals surface area contributed by atoms with Crippen LogP contribution in [0.2, 0.25) is 0 Å². The van der Waals surface area contributed by atoms with Crippen molar-refractivity contribution >= 4 is 297 Å². The molecule has 2 atom stereocenters. The first-order valence-corrected chi connectivity index (χ1v) is 27.8. The van der Waals surface area contributed by atoms with Crippen molar-refractivity contribution < 1.29 is 14.3 Å². The standard InChI is InChI=1S/C72H11NO3/c1-2-75-69(74)70(8-73)72-66-60-54-44-32-24-16-12-10-11-14-18(16)26(32)36-30-22(14)23-15(11)19-17-13(10)21-20(12)28-34(24)42-48-38(28)39-29(21)35-25(17)33-27(19)37-31(23)41-40(30)52(46(36)54)62(66)63-53(41)47(37)55-45(33)51-43(35)49(39)57-56(48)64(58(60)50(42)44)71(72,65(57)59(51)61(55)67(63)72)68(76-70)9-6-4-3-5-7-9/h3-7,68H,2H2,1H3/t68-,70+,71?,72?/m1/s1. The lowest BCUT2D eigenvalue weighted by Crippen LogP contribution is -2.63. The molecule has 0 radical (unpaired) electrons. The van der Waals surface area contributed by atoms with Gasteiger partial charge in [-0.05, 0) is 326 Å². The van der Waals surface area contributed by atoms with Gasteiger partial charge in [0.2, 0.25) is 0 Å². The van der Waals surface area contributed by atoms with Gasteiger partial charge in [0.15, 0.2) is 0 Å². The van der Waals surface area contributed by atoms with E-state index in [9.17, 15) is 5.26 Å². The van der Waals surface area contributed by atoms with E-state index in [2.05, 4.69) is 36.4 Å². The molecule has 4 nitrogen and oxygen atoms in total. The lowest BCUT2D eigenvalue weighted by atomic mass is 9.43. The summed E-state index contributed by atoms with van der Waals surface area (Å²) in [5.74, 6) is -0.534. The van der Waals surface area contributed by atoms with E-state index in [1.165, 1.54) is 248 Å². The number of benzene rings is 19. The zero-order chi connectivity index (χ0) is 46.1. The number of esters is 1. The summed E-state index contributed by atoms with van der Waals surface area (Å²) in [5, 5.41) is 93.2. The van der Waals surface area contributed by atoms with Gasteiger partial charge in [-0.15, -0.1) is 0 Å². The summed E-state index contributed by atoms with van der Waals surface area (Å²) >= 11 is 0. The highest BCUT2D eigenvalue weighted by atomic mass is 16.6. The first kappa shape index (κ1) is 29.5. The van der Waals surface area contributed by atoms with Crippen molar-refractivity contribution in [3.05, 3.63) is 58.1 Å². The van der Waals surface area contributed by atoms with Crippen LogP contribution < -0.4 is 0 Å². The van der Waals surface area contributed by atoms with Crippen LogP contribution in [0.5, 0.6) is 0 Å². The third kappa shape index (κ3) is 1.57. The van der Waals surface area contributed by atoms with Gasteiger partial charge in [-0.3, -0.25) is 0 Å². The predicted octanol–water partition coefficient (Wildman–Crippen LogP) is 17.9. The van der Waals surface area contributed by atoms with Crippen LogP contribution >= 0.6 is 0 Å². The van der Waals surface area contributed by atoms with E-state index in [0.717, 1.165) is 5.56 Å². The first-order valence-electron chi connectivity index (χ1n) is 27.8. The van der Waals surface area contributed by atoms with Crippen molar-refractivity contribution in [3.63, 3.8) is 0 Å². The van der Waals surface area contributed by atoms with Gasteiger partial charge in [0, 0.05) is 0 Å². The van der Waals surface area contributed by atoms with Crippen molar-refractivity contribution in [2.75, 3.05) is 6.61 Å². The summed E-state index contributed by atoms with van der Waals surface area (Å²) in [6.07, 6.45) is -0.687. The minimum Gasteiger partial charge on any atom is -0.463 e. The van der Waals surface area contributed by atoms with Crippen molar-refractivity contribution in [3.8, 4) is 6.07 Å². The molecule has 4 aliphatic carbocycles. The molecule has 0 unspecified atom stereocenters. The number of carbonyl (C=O) groups excluding carboxylic acids is 1. The number of rotatable bonds is 3. The molecule has 322 valence electrons. The Kier molecular flexibility index (Phi) is 2.64. The lowest BCUT2D eigenvalue weighted by Gasteiger charge is -2.53. The van der Waals surface area contributed by atoms with Crippen LogP contribution in [0.25, 0.3) is 291 Å². The fourth-order valence-electron chi connectivity index (χ4n) is 26.3. The molecule has 0 aromatic heterocycles. The molecular weight excluding hydrogens is 927 g/mol. The molecule has 76 heavy (non-hydrogen) atoms. The number of hydrogen-bond acceptors (Lipinski definition) is 4. The van der Waals surface area contributed by atoms with Gasteiger partial charge in [0.25, 0.3) is 5.60 Å². The summed E-state index contributed by atoms with van der Waals surface area (Å²) in [6.45, 7) is 2.07. The lowest BCUT2D eigenvalue weighted by molar-refractivity contribution is -0.166. The smallest absolute Gasteiger partial charge is 0.354 e. The van der Waals surface area contributed by atoms with E-state index < -0.39 is 28.5 Å². The minimum atomic E-state index is -2.05. The van der Waals surface area contributed by atoms with Crippen molar-refractivity contribution in [1.82, 2.24) is 0 Å². The van der Waals surface area contributed by atoms with Crippen LogP contribution in [0, 0.1) is 11.3 Å². The zero-order valence-corrected chi connectivity index (χ0v) is 38.8. The second-order valence-electron chi connectivity index (χ2n) is 26.7. The van der Waals surface area contributed by atoms with E-state index in [1.54, 1.807) is 64.6 Å². The molecule has 5 aliphatic rings. The van der Waals surface area contributed by atoms with Crippen LogP contribution in [-0.4, -0.2) is 18.2 Å². The molecule has 1 aliphatic heterocycles. The Balaban J connectivity index is 1.15. The molecule has 1 fully saturated rings. The Morgan fingerprint density at radius 1 is 0.382 bits per heavy atom. The summed E-state index contributed by atoms with van der Waals surface area (Å²) in [7, 11) is 0. The van der Waals surface area contributed by atoms with E-state index in [0.29, 0.717) is 0 Å². The fraction of sp³-hybridized carbons (Fsp3) is 0.0833. The van der Waals surface area contributed by atoms with Crippen LogP contribution in [0.15, 0.2) is 30.3 Å². The molecular formula is C72H11NO3. The normalized spacial score (nSPS) is 24.4. The average Bonchev–Trinajstić information content (AvgIpc) is 1.56. The van der Waals surface area contributed by atoms with Crippen LogP contribution in [-0.2, 0) is 25.1 Å². The summed E-state index contributed by atoms with van der Waals surface area (Å²) in [5.41, 5.74) is 1.82. The number of nitriles is 1. The van der Waals surface area contributed by atoms with Crippen molar-refractivity contribution in [2.24, 2.45) is 0 Å². The molecule has 0 N–H and O–H groups in total. The molecule has 29 aromatic carbocycles. The minimum absolute atomic E-state index is 0.154. The number of carbonyl (C=O) groups is 1. The van der Waals surface area contributed by atoms with Gasteiger partial charge in [-0.25, -0.2) is 4.79 Å². The monoisotopic (exact) mass is 937 g/mol. The first-order chi connectivity index (χ1) is 37.7. The Hall–Kier alpha value is -9.40. The van der Waals surface area contributed by atoms with E-state index in [-0.39, 0.29) is 6.61 Å². The Morgan fingerprint density at radius 2 is 0.605 bits per heavy atom. The Morgan fingerprint density at radius 3 is 0.829 bits per heavy atom. The van der Waals surface area contributed by atoms with Crippen LogP contribution in [0.4, 0.5) is 0 Å². The average molecular weight is 938 g/mol. The van der Waals surface area contributed by atoms with Gasteiger partial charge in [0.05, 0.1) is 17.4 Å². The summed E-state index contributed by atoms with van der Waals surface area (Å²) < 4.78 is 14.8. The summed E-state index contributed by atoms with van der Waals surface area (Å²) in [4.78, 5) is 16.5. The molecule has 1 saturated heterocycles. The SMILES string of the molecule is CCOC(=O)[C@]1(C#N)O[C@H](c2ccccc2)C23c4c5c6c7c8c9c(c%10c%11c2c2c4c4c%12c5c5c6c6c8c8c%13c9c9c%10c%10c%11c%11c2c2c4c4c%12c%12c5c5c6c8c6c8c%13c9c9c%10c%10c%11c2c2c4c4c%12c5c6c5c8c9c%10c2c45)C731. The Labute approximate surface area is 414 Å². The maximum absolute atomic E-state index is 16.5. The molecule has 1 heterocycles. The largest absolute Gasteiger partial charge is 0.463 e. The number of nitrogens with zero attached hydrogens (tertiary/aromatic N) is 1. The predicted molar refractivity (Wildman–Crippen MR) is 309 cm³/mol. The van der Waals surface area contributed by atoms with E-state index >= 15 is 4.79 Å². The molecule has 29 aromatic rings. The number of hydrogen-bond donors (Lipinski definition) is 0. The van der Waals surface area contributed by atoms with Gasteiger partial charge in [-0.2, -0.15) is 5.26 Å².